The quantitative estimate of drug-likeness (QED) is 0.341. The fourth-order valence-corrected chi connectivity index (χ4v) is 1.97. The summed E-state index contributed by atoms with van der Waals surface area (Å²) in [6, 6.07) is 7.35. The lowest BCUT2D eigenvalue weighted by Crippen LogP contribution is -2.31. The first-order valence-electron chi connectivity index (χ1n) is 7.44. The fraction of sp³-hybridized carbons (Fsp3) is 0.118. The molecule has 0 aliphatic heterocycles. The molecule has 0 bridgehead atoms. The molecule has 0 unspecified atom stereocenters. The molecule has 0 aliphatic carbocycles. The Balaban J connectivity index is 1.84. The van der Waals surface area contributed by atoms with Crippen molar-refractivity contribution in [3.8, 4) is 0 Å². The summed E-state index contributed by atoms with van der Waals surface area (Å²) in [6.07, 6.45) is 0. The summed E-state index contributed by atoms with van der Waals surface area (Å²) in [5.74, 6) is -4.79. The number of ether oxygens (including phenoxy) is 1. The Bertz CT molecular complexity index is 916. The average molecular weight is 378 g/mol. The summed E-state index contributed by atoms with van der Waals surface area (Å²) in [4.78, 5) is 45.2. The summed E-state index contributed by atoms with van der Waals surface area (Å²) in [5, 5.41) is 12.9. The Morgan fingerprint density at radius 1 is 1.04 bits per heavy atom. The molecule has 2 rings (SSSR count). The van der Waals surface area contributed by atoms with E-state index in [1.54, 1.807) is 0 Å². The Labute approximate surface area is 150 Å². The van der Waals surface area contributed by atoms with Crippen molar-refractivity contribution >= 4 is 23.3 Å². The zero-order valence-electron chi connectivity index (χ0n) is 13.6. The van der Waals surface area contributed by atoms with Crippen LogP contribution < -0.4 is 5.32 Å². The number of nitro benzene ring substituents is 1. The van der Waals surface area contributed by atoms with Gasteiger partial charge in [-0.1, -0.05) is 6.07 Å². The second-order valence-electron chi connectivity index (χ2n) is 5.20. The number of benzene rings is 2. The number of rotatable bonds is 7. The SMILES string of the molecule is O=C(CNC(=O)c1cccc([N+](=O)[O-])c1)OCC(=O)c1ccc(F)c(F)c1. The van der Waals surface area contributed by atoms with E-state index in [0.717, 1.165) is 18.2 Å². The minimum Gasteiger partial charge on any atom is -0.456 e. The molecule has 0 saturated heterocycles. The van der Waals surface area contributed by atoms with Crippen molar-refractivity contribution < 1.29 is 32.8 Å². The third-order valence-corrected chi connectivity index (χ3v) is 3.32. The number of hydrogen-bond acceptors (Lipinski definition) is 6. The van der Waals surface area contributed by atoms with Crippen LogP contribution in [0.15, 0.2) is 42.5 Å². The largest absolute Gasteiger partial charge is 0.456 e. The highest BCUT2D eigenvalue weighted by Gasteiger charge is 2.15. The van der Waals surface area contributed by atoms with Gasteiger partial charge in [0, 0.05) is 23.3 Å². The van der Waals surface area contributed by atoms with Crippen molar-refractivity contribution in [3.63, 3.8) is 0 Å². The lowest BCUT2D eigenvalue weighted by molar-refractivity contribution is -0.384. The standard InChI is InChI=1S/C17H12F2N2O6/c18-13-5-4-10(7-14(13)19)15(22)9-27-16(23)8-20-17(24)11-2-1-3-12(6-11)21(25)26/h1-7H,8-9H2,(H,20,24). The first-order valence-corrected chi connectivity index (χ1v) is 7.44. The van der Waals surface area contributed by atoms with Crippen LogP contribution in [0.4, 0.5) is 14.5 Å². The monoisotopic (exact) mass is 378 g/mol. The number of halogens is 2. The number of nitrogens with zero attached hydrogens (tertiary/aromatic N) is 1. The van der Waals surface area contributed by atoms with E-state index in [9.17, 15) is 33.3 Å². The molecule has 2 aromatic rings. The predicted octanol–water partition coefficient (Wildman–Crippen LogP) is 2.03. The van der Waals surface area contributed by atoms with E-state index < -0.39 is 47.4 Å². The second-order valence-corrected chi connectivity index (χ2v) is 5.20. The van der Waals surface area contributed by atoms with Crippen molar-refractivity contribution in [1.29, 1.82) is 0 Å². The number of carbonyl (C=O) groups is 3. The van der Waals surface area contributed by atoms with Gasteiger partial charge in [-0.3, -0.25) is 24.5 Å². The summed E-state index contributed by atoms with van der Waals surface area (Å²) in [7, 11) is 0. The number of carbonyl (C=O) groups excluding carboxylic acids is 3. The zero-order valence-corrected chi connectivity index (χ0v) is 13.6. The molecule has 1 N–H and O–H groups in total. The summed E-state index contributed by atoms with van der Waals surface area (Å²) in [5.41, 5.74) is -0.500. The average Bonchev–Trinajstić information content (AvgIpc) is 2.66. The lowest BCUT2D eigenvalue weighted by atomic mass is 10.1. The molecule has 0 radical (unpaired) electrons. The Hall–Kier alpha value is -3.69. The first kappa shape index (κ1) is 19.6. The van der Waals surface area contributed by atoms with Gasteiger partial charge < -0.3 is 10.1 Å². The van der Waals surface area contributed by atoms with Crippen LogP contribution >= 0.6 is 0 Å². The van der Waals surface area contributed by atoms with Crippen molar-refractivity contribution in [1.82, 2.24) is 5.32 Å². The van der Waals surface area contributed by atoms with Gasteiger partial charge in [0.1, 0.15) is 6.54 Å². The summed E-state index contributed by atoms with van der Waals surface area (Å²) < 4.78 is 30.5. The molecule has 10 heteroatoms. The number of ketones is 1. The molecule has 8 nitrogen and oxygen atoms in total. The highest BCUT2D eigenvalue weighted by molar-refractivity contribution is 5.99. The van der Waals surface area contributed by atoms with E-state index >= 15 is 0 Å². The topological polar surface area (TPSA) is 116 Å². The van der Waals surface area contributed by atoms with E-state index in [2.05, 4.69) is 10.1 Å². The molecule has 0 fully saturated rings. The van der Waals surface area contributed by atoms with Gasteiger partial charge in [0.25, 0.3) is 11.6 Å². The van der Waals surface area contributed by atoms with E-state index in [1.165, 1.54) is 18.2 Å². The third-order valence-electron chi connectivity index (χ3n) is 3.32. The molecule has 0 aromatic heterocycles. The predicted molar refractivity (Wildman–Crippen MR) is 87.1 cm³/mol. The first-order chi connectivity index (χ1) is 12.8. The number of non-ortho nitro benzene ring substituents is 1. The summed E-state index contributed by atoms with van der Waals surface area (Å²) >= 11 is 0. The smallest absolute Gasteiger partial charge is 0.325 e. The van der Waals surface area contributed by atoms with Gasteiger partial charge in [-0.15, -0.1) is 0 Å². The number of Topliss-reactive ketones (excluding diaryl/α,β-unsaturated/α-hetero) is 1. The van der Waals surface area contributed by atoms with Crippen LogP contribution in [0.3, 0.4) is 0 Å². The van der Waals surface area contributed by atoms with E-state index in [4.69, 9.17) is 0 Å². The summed E-state index contributed by atoms with van der Waals surface area (Å²) in [6.45, 7) is -1.32. The van der Waals surface area contributed by atoms with Crippen LogP contribution in [0, 0.1) is 21.7 Å². The minimum absolute atomic E-state index is 0.0325. The van der Waals surface area contributed by atoms with Crippen LogP contribution in [-0.4, -0.2) is 35.7 Å². The van der Waals surface area contributed by atoms with Crippen molar-refractivity contribution in [2.45, 2.75) is 0 Å². The minimum atomic E-state index is -1.21. The maximum atomic E-state index is 13.1. The molecule has 0 spiro atoms. The number of hydrogen-bond donors (Lipinski definition) is 1. The molecule has 0 heterocycles. The van der Waals surface area contributed by atoms with Crippen molar-refractivity contribution in [3.05, 3.63) is 75.3 Å². The molecule has 0 aliphatic rings. The molecule has 140 valence electrons. The molecule has 1 amide bonds. The number of nitrogens with one attached hydrogen (secondary N) is 1. The lowest BCUT2D eigenvalue weighted by Gasteiger charge is -2.06. The highest BCUT2D eigenvalue weighted by atomic mass is 19.2. The second kappa shape index (κ2) is 8.61. The van der Waals surface area contributed by atoms with Crippen molar-refractivity contribution in [2.24, 2.45) is 0 Å². The normalized spacial score (nSPS) is 10.1. The molecular formula is C17H12F2N2O6. The molecule has 2 aromatic carbocycles. The molecular weight excluding hydrogens is 366 g/mol. The van der Waals surface area contributed by atoms with Gasteiger partial charge in [-0.05, 0) is 24.3 Å². The van der Waals surface area contributed by atoms with E-state index in [-0.39, 0.29) is 16.8 Å². The zero-order chi connectivity index (χ0) is 20.0. The number of nitro groups is 1. The van der Waals surface area contributed by atoms with Gasteiger partial charge >= 0.3 is 5.97 Å². The fourth-order valence-electron chi connectivity index (χ4n) is 1.97. The van der Waals surface area contributed by atoms with Gasteiger partial charge in [0.2, 0.25) is 0 Å². The molecule has 27 heavy (non-hydrogen) atoms. The number of esters is 1. The van der Waals surface area contributed by atoms with Gasteiger partial charge in [-0.2, -0.15) is 0 Å². The Morgan fingerprint density at radius 3 is 2.44 bits per heavy atom. The van der Waals surface area contributed by atoms with Crippen LogP contribution in [0.25, 0.3) is 0 Å². The third kappa shape index (κ3) is 5.39. The van der Waals surface area contributed by atoms with Crippen molar-refractivity contribution in [2.75, 3.05) is 13.2 Å². The van der Waals surface area contributed by atoms with Crippen LogP contribution in [0.5, 0.6) is 0 Å². The van der Waals surface area contributed by atoms with Crippen LogP contribution in [-0.2, 0) is 9.53 Å². The number of amides is 1. The molecule has 0 saturated carbocycles. The van der Waals surface area contributed by atoms with Crippen LogP contribution in [0.1, 0.15) is 20.7 Å². The highest BCUT2D eigenvalue weighted by Crippen LogP contribution is 2.13. The molecule has 0 atom stereocenters. The van der Waals surface area contributed by atoms with Gasteiger partial charge in [-0.25, -0.2) is 8.78 Å². The Kier molecular flexibility index (Phi) is 6.26. The van der Waals surface area contributed by atoms with E-state index in [1.807, 2.05) is 0 Å². The Morgan fingerprint density at radius 2 is 1.78 bits per heavy atom. The van der Waals surface area contributed by atoms with Gasteiger partial charge in [0.15, 0.2) is 24.0 Å². The maximum Gasteiger partial charge on any atom is 0.325 e. The maximum absolute atomic E-state index is 13.1. The van der Waals surface area contributed by atoms with Crippen LogP contribution in [0.2, 0.25) is 0 Å². The van der Waals surface area contributed by atoms with Gasteiger partial charge in [0.05, 0.1) is 4.92 Å². The van der Waals surface area contributed by atoms with E-state index in [0.29, 0.717) is 6.07 Å².